The van der Waals surface area contributed by atoms with Crippen LogP contribution >= 0.6 is 0 Å². The van der Waals surface area contributed by atoms with Crippen LogP contribution in [-0.2, 0) is 19.4 Å². The van der Waals surface area contributed by atoms with E-state index < -0.39 is 26.5 Å². The largest absolute Gasteiger partial charge is 0.465 e. The molecule has 2 atom stereocenters. The van der Waals surface area contributed by atoms with Crippen LogP contribution in [0.2, 0.25) is 0 Å². The van der Waals surface area contributed by atoms with Crippen molar-refractivity contribution in [1.82, 2.24) is 0 Å². The van der Waals surface area contributed by atoms with Gasteiger partial charge in [-0.3, -0.25) is 4.79 Å². The highest BCUT2D eigenvalue weighted by atomic mass is 32.2. The number of ether oxygens (including phenoxy) is 1. The van der Waals surface area contributed by atoms with E-state index in [1.54, 1.807) is 13.8 Å². The van der Waals surface area contributed by atoms with Gasteiger partial charge in [-0.1, -0.05) is 6.92 Å². The highest BCUT2D eigenvalue weighted by Crippen LogP contribution is 2.41. The van der Waals surface area contributed by atoms with Crippen molar-refractivity contribution in [2.24, 2.45) is 5.41 Å². The molecular formula is C11H17NO4S. The molecule has 6 heteroatoms. The maximum Gasteiger partial charge on any atom is 0.326 e. The fourth-order valence-electron chi connectivity index (χ4n) is 2.14. The minimum Gasteiger partial charge on any atom is -0.465 e. The maximum atomic E-state index is 11.7. The highest BCUT2D eigenvalue weighted by Gasteiger charge is 2.50. The van der Waals surface area contributed by atoms with Crippen molar-refractivity contribution in [3.05, 3.63) is 0 Å². The second-order valence-corrected chi connectivity index (χ2v) is 6.80. The quantitative estimate of drug-likeness (QED) is 0.704. The van der Waals surface area contributed by atoms with Crippen LogP contribution in [0, 0.1) is 16.7 Å². The number of nitrogens with zero attached hydrogens (tertiary/aromatic N) is 1. The first-order valence-electron chi connectivity index (χ1n) is 5.72. The van der Waals surface area contributed by atoms with Gasteiger partial charge in [0.05, 0.1) is 17.9 Å². The predicted molar refractivity (Wildman–Crippen MR) is 61.8 cm³/mol. The molecule has 0 amide bonds. The zero-order valence-electron chi connectivity index (χ0n) is 10.1. The van der Waals surface area contributed by atoms with Crippen LogP contribution in [0.3, 0.4) is 0 Å². The number of sulfone groups is 1. The Bertz CT molecular complexity index is 437. The number of esters is 1. The Morgan fingerprint density at radius 3 is 2.65 bits per heavy atom. The molecule has 5 nitrogen and oxygen atoms in total. The molecule has 1 saturated carbocycles. The Morgan fingerprint density at radius 2 is 2.18 bits per heavy atom. The van der Waals surface area contributed by atoms with Gasteiger partial charge in [0.15, 0.2) is 15.3 Å². The molecule has 0 saturated heterocycles. The van der Waals surface area contributed by atoms with Crippen molar-refractivity contribution in [1.29, 1.82) is 5.26 Å². The average molecular weight is 259 g/mol. The molecular weight excluding hydrogens is 242 g/mol. The molecule has 0 N–H and O–H groups in total. The first-order valence-corrected chi connectivity index (χ1v) is 7.43. The van der Waals surface area contributed by atoms with Gasteiger partial charge in [0.1, 0.15) is 0 Å². The molecule has 0 aromatic heterocycles. The van der Waals surface area contributed by atoms with E-state index in [0.29, 0.717) is 6.42 Å². The third-order valence-electron chi connectivity index (χ3n) is 3.26. The number of hydrogen-bond acceptors (Lipinski definition) is 5. The lowest BCUT2D eigenvalue weighted by Gasteiger charge is -2.18. The van der Waals surface area contributed by atoms with Crippen LogP contribution in [0.1, 0.15) is 33.1 Å². The molecule has 0 aromatic rings. The van der Waals surface area contributed by atoms with E-state index in [-0.39, 0.29) is 25.2 Å². The van der Waals surface area contributed by atoms with Crippen molar-refractivity contribution in [3.8, 4) is 6.07 Å². The fourth-order valence-corrected chi connectivity index (χ4v) is 3.63. The summed E-state index contributed by atoms with van der Waals surface area (Å²) in [6, 6.07) is 1.95. The molecule has 0 heterocycles. The van der Waals surface area contributed by atoms with Gasteiger partial charge in [-0.25, -0.2) is 8.42 Å². The normalized spacial score (nSPS) is 28.6. The molecule has 96 valence electrons. The topological polar surface area (TPSA) is 84.2 Å². The monoisotopic (exact) mass is 259 g/mol. The summed E-state index contributed by atoms with van der Waals surface area (Å²) in [5.74, 6) is -0.543. The third-order valence-corrected chi connectivity index (χ3v) is 5.48. The minimum atomic E-state index is -3.19. The van der Waals surface area contributed by atoms with Crippen LogP contribution in [0.4, 0.5) is 0 Å². The van der Waals surface area contributed by atoms with Crippen molar-refractivity contribution >= 4 is 15.8 Å². The van der Waals surface area contributed by atoms with Crippen LogP contribution in [-0.4, -0.2) is 32.0 Å². The van der Waals surface area contributed by atoms with Gasteiger partial charge < -0.3 is 4.74 Å². The summed E-state index contributed by atoms with van der Waals surface area (Å²) in [5, 5.41) is 8.54. The lowest BCUT2D eigenvalue weighted by atomic mass is 9.88. The molecule has 1 aliphatic carbocycles. The number of carbonyl (C=O) groups is 1. The van der Waals surface area contributed by atoms with Crippen molar-refractivity contribution < 1.29 is 17.9 Å². The SMILES string of the molecule is CCOC(=O)[C@]1(C#N)CC[C@@H](S(=O)(=O)CC)C1. The molecule has 0 radical (unpaired) electrons. The lowest BCUT2D eigenvalue weighted by Crippen LogP contribution is -2.31. The third kappa shape index (κ3) is 2.60. The molecule has 0 aromatic carbocycles. The molecule has 0 spiro atoms. The van der Waals surface area contributed by atoms with Crippen LogP contribution in [0.15, 0.2) is 0 Å². The average Bonchev–Trinajstić information content (AvgIpc) is 2.75. The summed E-state index contributed by atoms with van der Waals surface area (Å²) in [6.45, 7) is 3.44. The Balaban J connectivity index is 2.89. The van der Waals surface area contributed by atoms with E-state index in [1.807, 2.05) is 6.07 Å². The number of carbonyl (C=O) groups excluding carboxylic acids is 1. The van der Waals surface area contributed by atoms with E-state index in [9.17, 15) is 13.2 Å². The second kappa shape index (κ2) is 5.05. The minimum absolute atomic E-state index is 0.0437. The maximum absolute atomic E-state index is 11.7. The Hall–Kier alpha value is -1.09. The van der Waals surface area contributed by atoms with Crippen LogP contribution in [0.5, 0.6) is 0 Å². The summed E-state index contributed by atoms with van der Waals surface area (Å²) in [5.41, 5.74) is -1.26. The van der Waals surface area contributed by atoms with Gasteiger partial charge in [0.25, 0.3) is 0 Å². The first kappa shape index (κ1) is 14.0. The van der Waals surface area contributed by atoms with Crippen molar-refractivity contribution in [2.75, 3.05) is 12.4 Å². The smallest absolute Gasteiger partial charge is 0.326 e. The summed E-state index contributed by atoms with van der Waals surface area (Å²) in [4.78, 5) is 11.7. The van der Waals surface area contributed by atoms with Gasteiger partial charge in [0.2, 0.25) is 0 Å². The van der Waals surface area contributed by atoms with Gasteiger partial charge in [-0.15, -0.1) is 0 Å². The molecule has 0 aliphatic heterocycles. The molecule has 0 bridgehead atoms. The lowest BCUT2D eigenvalue weighted by molar-refractivity contribution is -0.151. The van der Waals surface area contributed by atoms with Crippen LogP contribution in [0.25, 0.3) is 0 Å². The van der Waals surface area contributed by atoms with Crippen molar-refractivity contribution in [3.63, 3.8) is 0 Å². The molecule has 1 fully saturated rings. The summed E-state index contributed by atoms with van der Waals surface area (Å²) in [6.07, 6.45) is 0.702. The Kier molecular flexibility index (Phi) is 4.15. The van der Waals surface area contributed by atoms with Crippen molar-refractivity contribution in [2.45, 2.75) is 38.4 Å². The highest BCUT2D eigenvalue weighted by molar-refractivity contribution is 7.92. The van der Waals surface area contributed by atoms with Crippen LogP contribution < -0.4 is 0 Å². The number of nitriles is 1. The number of hydrogen-bond donors (Lipinski definition) is 0. The summed E-state index contributed by atoms with van der Waals surface area (Å²) < 4.78 is 28.3. The summed E-state index contributed by atoms with van der Waals surface area (Å²) >= 11 is 0. The Labute approximate surface area is 102 Å². The van der Waals surface area contributed by atoms with E-state index >= 15 is 0 Å². The summed E-state index contributed by atoms with van der Waals surface area (Å²) in [7, 11) is -3.19. The van der Waals surface area contributed by atoms with E-state index in [4.69, 9.17) is 10.00 Å². The van der Waals surface area contributed by atoms with Gasteiger partial charge in [-0.2, -0.15) is 5.26 Å². The molecule has 1 aliphatic rings. The van der Waals surface area contributed by atoms with E-state index in [1.165, 1.54) is 0 Å². The Morgan fingerprint density at radius 1 is 1.53 bits per heavy atom. The van der Waals surface area contributed by atoms with Gasteiger partial charge in [-0.05, 0) is 26.2 Å². The molecule has 17 heavy (non-hydrogen) atoms. The number of rotatable bonds is 4. The fraction of sp³-hybridized carbons (Fsp3) is 0.818. The first-order chi connectivity index (χ1) is 7.91. The molecule has 1 rings (SSSR count). The van der Waals surface area contributed by atoms with E-state index in [2.05, 4.69) is 0 Å². The zero-order chi connectivity index (χ0) is 13.1. The zero-order valence-corrected chi connectivity index (χ0v) is 10.9. The second-order valence-electron chi connectivity index (χ2n) is 4.23. The van der Waals surface area contributed by atoms with E-state index in [0.717, 1.165) is 0 Å². The van der Waals surface area contributed by atoms with Gasteiger partial charge >= 0.3 is 5.97 Å². The standard InChI is InChI=1S/C11H17NO4S/c1-3-16-10(13)11(8-12)6-5-9(7-11)17(14,15)4-2/h9H,3-7H2,1-2H3/t9-,11-/m1/s1. The predicted octanol–water partition coefficient (Wildman–Crippen LogP) is 1.05. The van der Waals surface area contributed by atoms with Gasteiger partial charge in [0, 0.05) is 5.75 Å². The molecule has 0 unspecified atom stereocenters.